The molecule has 1 aliphatic heterocycles. The van der Waals surface area contributed by atoms with E-state index >= 15 is 0 Å². The van der Waals surface area contributed by atoms with Crippen LogP contribution in [0.2, 0.25) is 0 Å². The molecule has 1 saturated heterocycles. The number of amides is 3. The number of alkyl carbamates (subject to hydrolysis) is 1. The molecule has 0 saturated carbocycles. The average molecular weight is 616 g/mol. The number of nitrogens with one attached hydrogen (secondary N) is 2. The molecule has 43 heavy (non-hydrogen) atoms. The van der Waals surface area contributed by atoms with E-state index in [-0.39, 0.29) is 17.7 Å². The summed E-state index contributed by atoms with van der Waals surface area (Å²) < 4.78 is 32.0. The lowest BCUT2D eigenvalue weighted by atomic mass is 10.0. The molecular formula is C32H46N3O7P. The summed E-state index contributed by atoms with van der Waals surface area (Å²) in [6.07, 6.45) is 0.633. The molecule has 3 amide bonds. The lowest BCUT2D eigenvalue weighted by Gasteiger charge is -2.33. The molecule has 0 aromatic heterocycles. The van der Waals surface area contributed by atoms with E-state index in [1.165, 1.54) is 4.90 Å². The average Bonchev–Trinajstić information content (AvgIpc) is 3.41. The number of carbonyl (C=O) groups is 3. The van der Waals surface area contributed by atoms with Crippen LogP contribution in [0, 0.1) is 11.8 Å². The lowest BCUT2D eigenvalue weighted by molar-refractivity contribution is -0.141. The summed E-state index contributed by atoms with van der Waals surface area (Å²) in [5, 5.41) is 5.62. The molecule has 2 N–H and O–H groups in total. The first-order valence-corrected chi connectivity index (χ1v) is 16.5. The Labute approximate surface area is 255 Å². The predicted molar refractivity (Wildman–Crippen MR) is 166 cm³/mol. The number of nitrogens with zero attached hydrogens (tertiary/aromatic N) is 1. The van der Waals surface area contributed by atoms with Gasteiger partial charge in [0.15, 0.2) is 5.78 Å². The van der Waals surface area contributed by atoms with E-state index in [0.717, 1.165) is 0 Å². The second kappa shape index (κ2) is 14.8. The van der Waals surface area contributed by atoms with Gasteiger partial charge in [0.1, 0.15) is 29.2 Å². The number of hydrogen-bond donors (Lipinski definition) is 2. The molecule has 0 spiro atoms. The number of hydrogen-bond acceptors (Lipinski definition) is 7. The molecule has 2 aromatic carbocycles. The van der Waals surface area contributed by atoms with E-state index in [1.54, 1.807) is 69.3 Å². The Balaban J connectivity index is 1.86. The van der Waals surface area contributed by atoms with Crippen LogP contribution in [0.1, 0.15) is 67.7 Å². The maximum Gasteiger partial charge on any atom is 0.452 e. The van der Waals surface area contributed by atoms with Crippen molar-refractivity contribution < 1.29 is 32.7 Å². The van der Waals surface area contributed by atoms with Crippen molar-refractivity contribution in [1.82, 2.24) is 15.5 Å². The lowest BCUT2D eigenvalue weighted by Crippen LogP contribution is -2.56. The van der Waals surface area contributed by atoms with Crippen LogP contribution in [-0.4, -0.2) is 52.8 Å². The molecule has 11 heteroatoms. The van der Waals surface area contributed by atoms with Crippen LogP contribution in [0.15, 0.2) is 60.7 Å². The van der Waals surface area contributed by atoms with Crippen molar-refractivity contribution in [1.29, 1.82) is 0 Å². The minimum Gasteiger partial charge on any atom is -0.444 e. The summed E-state index contributed by atoms with van der Waals surface area (Å²) in [7, 11) is -4.05. The zero-order valence-electron chi connectivity index (χ0n) is 26.2. The minimum atomic E-state index is -4.05. The fourth-order valence-corrected chi connectivity index (χ4v) is 6.89. The Morgan fingerprint density at radius 1 is 0.907 bits per heavy atom. The minimum absolute atomic E-state index is 0.0297. The molecule has 1 heterocycles. The second-order valence-electron chi connectivity index (χ2n) is 12.6. The van der Waals surface area contributed by atoms with Gasteiger partial charge in [-0.15, -0.1) is 0 Å². The quantitative estimate of drug-likeness (QED) is 0.266. The molecule has 1 aliphatic rings. The fraction of sp³-hybridized carbons (Fsp3) is 0.531. The monoisotopic (exact) mass is 615 g/mol. The van der Waals surface area contributed by atoms with Crippen LogP contribution >= 0.6 is 7.60 Å². The summed E-state index contributed by atoms with van der Waals surface area (Å²) in [5.41, 5.74) is -0.728. The Morgan fingerprint density at radius 2 is 1.44 bits per heavy atom. The normalized spacial score (nSPS) is 16.9. The third-order valence-electron chi connectivity index (χ3n) is 6.78. The maximum atomic E-state index is 14.6. The fourth-order valence-electron chi connectivity index (χ4n) is 4.81. The van der Waals surface area contributed by atoms with Gasteiger partial charge < -0.3 is 29.3 Å². The highest BCUT2D eigenvalue weighted by Gasteiger charge is 2.45. The smallest absolute Gasteiger partial charge is 0.444 e. The Bertz CT molecular complexity index is 1220. The summed E-state index contributed by atoms with van der Waals surface area (Å²) in [6.45, 7) is 13.1. The van der Waals surface area contributed by atoms with Crippen LogP contribution < -0.4 is 19.7 Å². The standard InChI is InChI=1S/C32H46N3O7P/c1-22(2)21-27(43(39,41-24-15-10-8-11-16-24)42-25-17-12-9-13-18-25)33-29(36)26-19-14-20-35(26)30(37)28(23(3)4)34-31(38)40-32(5,6)7/h8-13,15-18,22-23,26-28H,14,19-21H2,1-7H3,(H,33,36)(H,34,38)/t26-,27?,28-/m0/s1. The van der Waals surface area contributed by atoms with Gasteiger partial charge in [-0.3, -0.25) is 9.59 Å². The van der Waals surface area contributed by atoms with E-state index in [2.05, 4.69) is 10.6 Å². The van der Waals surface area contributed by atoms with E-state index in [9.17, 15) is 18.9 Å². The Kier molecular flexibility index (Phi) is 11.7. The van der Waals surface area contributed by atoms with Crippen LogP contribution in [0.5, 0.6) is 11.5 Å². The Morgan fingerprint density at radius 3 is 1.91 bits per heavy atom. The van der Waals surface area contributed by atoms with Gasteiger partial charge in [-0.1, -0.05) is 64.1 Å². The topological polar surface area (TPSA) is 123 Å². The van der Waals surface area contributed by atoms with Gasteiger partial charge in [-0.2, -0.15) is 0 Å². The van der Waals surface area contributed by atoms with Crippen LogP contribution in [0.3, 0.4) is 0 Å². The van der Waals surface area contributed by atoms with Crippen LogP contribution in [-0.2, 0) is 18.9 Å². The molecule has 2 aromatic rings. The first kappa shape index (κ1) is 34.0. The number of ether oxygens (including phenoxy) is 1. The Hall–Kier alpha value is -3.52. The van der Waals surface area contributed by atoms with Gasteiger partial charge in [0.05, 0.1) is 0 Å². The van der Waals surface area contributed by atoms with Crippen molar-refractivity contribution in [2.45, 2.75) is 91.2 Å². The van der Waals surface area contributed by atoms with Crippen molar-refractivity contribution in [3.05, 3.63) is 60.7 Å². The van der Waals surface area contributed by atoms with E-state index < -0.39 is 43.1 Å². The highest BCUT2D eigenvalue weighted by atomic mass is 31.2. The predicted octanol–water partition coefficient (Wildman–Crippen LogP) is 6.37. The number of benzene rings is 2. The highest BCUT2D eigenvalue weighted by molar-refractivity contribution is 7.55. The van der Waals surface area contributed by atoms with Gasteiger partial charge in [0.25, 0.3) is 0 Å². The molecule has 10 nitrogen and oxygen atoms in total. The molecule has 0 aliphatic carbocycles. The van der Waals surface area contributed by atoms with E-state index in [1.807, 2.05) is 39.8 Å². The summed E-state index contributed by atoms with van der Waals surface area (Å²) in [5.74, 6) is -1.36. The molecule has 0 bridgehead atoms. The molecule has 1 fully saturated rings. The summed E-state index contributed by atoms with van der Waals surface area (Å²) >= 11 is 0. The number of rotatable bonds is 12. The van der Waals surface area contributed by atoms with Gasteiger partial charge in [0, 0.05) is 6.54 Å². The van der Waals surface area contributed by atoms with Gasteiger partial charge in [-0.25, -0.2) is 9.36 Å². The summed E-state index contributed by atoms with van der Waals surface area (Å²) in [6, 6.07) is 15.7. The van der Waals surface area contributed by atoms with Gasteiger partial charge in [-0.05, 0) is 76.1 Å². The van der Waals surface area contributed by atoms with Crippen LogP contribution in [0.4, 0.5) is 4.79 Å². The molecule has 1 unspecified atom stereocenters. The zero-order chi connectivity index (χ0) is 31.8. The van der Waals surface area contributed by atoms with Crippen molar-refractivity contribution in [2.75, 3.05) is 6.54 Å². The maximum absolute atomic E-state index is 14.6. The van der Waals surface area contributed by atoms with E-state index in [0.29, 0.717) is 37.3 Å². The third-order valence-corrected chi connectivity index (χ3v) is 8.81. The van der Waals surface area contributed by atoms with Crippen molar-refractivity contribution in [3.8, 4) is 11.5 Å². The number of para-hydroxylation sites is 2. The zero-order valence-corrected chi connectivity index (χ0v) is 27.1. The first-order chi connectivity index (χ1) is 20.2. The molecule has 0 radical (unpaired) electrons. The van der Waals surface area contributed by atoms with E-state index in [4.69, 9.17) is 13.8 Å². The first-order valence-electron chi connectivity index (χ1n) is 14.9. The SMILES string of the molecule is CC(C)CC(NC(=O)[C@@H]1CCCN1C(=O)[C@@H](NC(=O)OC(C)(C)C)C(C)C)P(=O)(Oc1ccccc1)Oc1ccccc1. The highest BCUT2D eigenvalue weighted by Crippen LogP contribution is 2.53. The molecule has 236 valence electrons. The largest absolute Gasteiger partial charge is 0.452 e. The number of likely N-dealkylation sites (tertiary alicyclic amines) is 1. The van der Waals surface area contributed by atoms with Crippen molar-refractivity contribution in [2.24, 2.45) is 11.8 Å². The summed E-state index contributed by atoms with van der Waals surface area (Å²) in [4.78, 5) is 41.6. The van der Waals surface area contributed by atoms with Gasteiger partial charge in [0.2, 0.25) is 11.8 Å². The third kappa shape index (κ3) is 10.0. The van der Waals surface area contributed by atoms with Crippen molar-refractivity contribution in [3.63, 3.8) is 0 Å². The molecule has 3 rings (SSSR count). The van der Waals surface area contributed by atoms with Crippen LogP contribution in [0.25, 0.3) is 0 Å². The second-order valence-corrected chi connectivity index (χ2v) is 14.6. The molecule has 3 atom stereocenters. The molecular weight excluding hydrogens is 569 g/mol. The van der Waals surface area contributed by atoms with Crippen molar-refractivity contribution >= 4 is 25.5 Å². The number of carbonyl (C=O) groups excluding carboxylic acids is 3. The van der Waals surface area contributed by atoms with Gasteiger partial charge >= 0.3 is 13.7 Å².